The van der Waals surface area contributed by atoms with Crippen LogP contribution in [-0.4, -0.2) is 24.6 Å². The monoisotopic (exact) mass is 572 g/mol. The van der Waals surface area contributed by atoms with Gasteiger partial charge in [0, 0.05) is 0 Å². The zero-order valence-electron chi connectivity index (χ0n) is 25.7. The molecule has 5 heteroatoms. The molecule has 0 heterocycles. The Morgan fingerprint density at radius 2 is 1.21 bits per heavy atom. The maximum atomic E-state index is 12.9. The predicted octanol–water partition coefficient (Wildman–Crippen LogP) is 10.2. The average molecular weight is 573 g/mol. The first-order chi connectivity index (χ1) is 20.5. The molecule has 1 unspecified atom stereocenters. The van der Waals surface area contributed by atoms with Crippen molar-refractivity contribution in [3.63, 3.8) is 0 Å². The van der Waals surface area contributed by atoms with Gasteiger partial charge in [0.15, 0.2) is 0 Å². The van der Waals surface area contributed by atoms with Crippen LogP contribution in [0.2, 0.25) is 0 Å². The Kier molecular flexibility index (Phi) is 14.7. The summed E-state index contributed by atoms with van der Waals surface area (Å²) >= 11 is 0. The lowest BCUT2D eigenvalue weighted by atomic mass is 10.0. The van der Waals surface area contributed by atoms with E-state index in [4.69, 9.17) is 14.2 Å². The number of carbonyl (C=O) groups is 2. The van der Waals surface area contributed by atoms with Gasteiger partial charge in [-0.15, -0.1) is 0 Å². The fourth-order valence-corrected chi connectivity index (χ4v) is 4.92. The number of carbonyl (C=O) groups excluding carboxylic acids is 2. The van der Waals surface area contributed by atoms with Crippen LogP contribution in [0.3, 0.4) is 0 Å². The van der Waals surface area contributed by atoms with Crippen molar-refractivity contribution in [1.29, 1.82) is 0 Å². The lowest BCUT2D eigenvalue weighted by Gasteiger charge is -2.14. The molecule has 0 aliphatic carbocycles. The van der Waals surface area contributed by atoms with Crippen molar-refractivity contribution in [2.24, 2.45) is 0 Å². The number of benzene rings is 3. The van der Waals surface area contributed by atoms with Crippen LogP contribution < -0.4 is 9.47 Å². The third-order valence-corrected chi connectivity index (χ3v) is 7.39. The average Bonchev–Trinajstić information content (AvgIpc) is 3.00. The molecule has 0 N–H and O–H groups in total. The molecule has 0 aliphatic heterocycles. The van der Waals surface area contributed by atoms with E-state index < -0.39 is 11.9 Å². The molecule has 0 aliphatic rings. The number of ether oxygens (including phenoxy) is 3. The Hall–Kier alpha value is -3.60. The molecular weight excluding hydrogens is 524 g/mol. The van der Waals surface area contributed by atoms with Gasteiger partial charge in [0.1, 0.15) is 17.1 Å². The summed E-state index contributed by atoms with van der Waals surface area (Å²) in [5.41, 5.74) is 2.66. The summed E-state index contributed by atoms with van der Waals surface area (Å²) in [5.74, 6) is 0.0366. The highest BCUT2D eigenvalue weighted by atomic mass is 16.6. The quantitative estimate of drug-likeness (QED) is 0.0812. The third-order valence-electron chi connectivity index (χ3n) is 7.39. The molecule has 226 valence electrons. The summed E-state index contributed by atoms with van der Waals surface area (Å²) in [7, 11) is 0. The van der Waals surface area contributed by atoms with Crippen molar-refractivity contribution >= 4 is 11.9 Å². The van der Waals surface area contributed by atoms with E-state index in [1.165, 1.54) is 57.8 Å². The molecule has 0 spiro atoms. The van der Waals surface area contributed by atoms with Gasteiger partial charge in [-0.1, -0.05) is 114 Å². The third kappa shape index (κ3) is 11.3. The molecule has 0 aromatic heterocycles. The number of hydrogen-bond acceptors (Lipinski definition) is 5. The molecule has 42 heavy (non-hydrogen) atoms. The van der Waals surface area contributed by atoms with Crippen molar-refractivity contribution in [3.8, 4) is 22.6 Å². The van der Waals surface area contributed by atoms with Crippen LogP contribution in [0.1, 0.15) is 119 Å². The van der Waals surface area contributed by atoms with Gasteiger partial charge < -0.3 is 14.2 Å². The summed E-state index contributed by atoms with van der Waals surface area (Å²) in [6, 6.07) is 22.0. The molecule has 0 fully saturated rings. The summed E-state index contributed by atoms with van der Waals surface area (Å²) in [4.78, 5) is 25.5. The zero-order valence-corrected chi connectivity index (χ0v) is 25.7. The van der Waals surface area contributed by atoms with E-state index >= 15 is 0 Å². The number of unbranched alkanes of at least 4 members (excludes halogenated alkanes) is 9. The second-order valence-corrected chi connectivity index (χ2v) is 11.0. The fraction of sp³-hybridized carbons (Fsp3) is 0.459. The smallest absolute Gasteiger partial charge is 0.343 e. The predicted molar refractivity (Wildman–Crippen MR) is 170 cm³/mol. The van der Waals surface area contributed by atoms with Crippen molar-refractivity contribution < 1.29 is 23.8 Å². The van der Waals surface area contributed by atoms with Crippen LogP contribution in [0.15, 0.2) is 72.8 Å². The number of rotatable bonds is 19. The van der Waals surface area contributed by atoms with Gasteiger partial charge in [0.05, 0.1) is 18.3 Å². The number of hydrogen-bond donors (Lipinski definition) is 0. The SMILES string of the molecule is CCCCCCCCCCCCOc1ccc(-c2ccc(C(=O)Oc3ccccc3C(=O)OC(C)CCC)cc2)cc1. The Morgan fingerprint density at radius 3 is 1.83 bits per heavy atom. The van der Waals surface area contributed by atoms with Crippen molar-refractivity contribution in [2.75, 3.05) is 6.61 Å². The van der Waals surface area contributed by atoms with Gasteiger partial charge >= 0.3 is 11.9 Å². The highest BCUT2D eigenvalue weighted by Gasteiger charge is 2.19. The van der Waals surface area contributed by atoms with Crippen LogP contribution in [0.5, 0.6) is 11.5 Å². The number of para-hydroxylation sites is 1. The lowest BCUT2D eigenvalue weighted by molar-refractivity contribution is 0.0319. The topological polar surface area (TPSA) is 61.8 Å². The van der Waals surface area contributed by atoms with Gasteiger partial charge in [-0.3, -0.25) is 0 Å². The summed E-state index contributed by atoms with van der Waals surface area (Å²) in [5, 5.41) is 0. The number of esters is 2. The van der Waals surface area contributed by atoms with E-state index in [2.05, 4.69) is 6.92 Å². The first kappa shape index (κ1) is 32.9. The van der Waals surface area contributed by atoms with E-state index in [0.717, 1.165) is 42.7 Å². The maximum absolute atomic E-state index is 12.9. The standard InChI is InChI=1S/C37H48O5/c1-4-6-7-8-9-10-11-12-13-16-28-40-33-26-24-31(25-27-33)30-20-22-32(23-21-30)36(38)42-35-19-15-14-18-34(35)37(39)41-29(3)17-5-2/h14-15,18-27,29H,4-13,16-17,28H2,1-3H3. The Labute approximate surface area is 252 Å². The highest BCUT2D eigenvalue weighted by molar-refractivity contribution is 5.96. The van der Waals surface area contributed by atoms with E-state index in [1.807, 2.05) is 50.2 Å². The molecule has 3 rings (SSSR count). The minimum atomic E-state index is -0.529. The normalized spacial score (nSPS) is 11.6. The van der Waals surface area contributed by atoms with Crippen molar-refractivity contribution in [2.45, 2.75) is 104 Å². The second-order valence-electron chi connectivity index (χ2n) is 11.0. The second kappa shape index (κ2) is 18.8. The van der Waals surface area contributed by atoms with E-state index in [9.17, 15) is 9.59 Å². The summed E-state index contributed by atoms with van der Waals surface area (Å²) in [6.07, 6.45) is 14.6. The molecular formula is C37H48O5. The van der Waals surface area contributed by atoms with Crippen molar-refractivity contribution in [3.05, 3.63) is 83.9 Å². The van der Waals surface area contributed by atoms with Gasteiger partial charge in [0.2, 0.25) is 0 Å². The largest absolute Gasteiger partial charge is 0.494 e. The molecule has 0 bridgehead atoms. The molecule has 3 aromatic rings. The van der Waals surface area contributed by atoms with Crippen LogP contribution in [-0.2, 0) is 4.74 Å². The van der Waals surface area contributed by atoms with Crippen LogP contribution >= 0.6 is 0 Å². The van der Waals surface area contributed by atoms with E-state index in [-0.39, 0.29) is 17.4 Å². The van der Waals surface area contributed by atoms with Gasteiger partial charge in [-0.25, -0.2) is 9.59 Å². The molecule has 3 aromatic carbocycles. The van der Waals surface area contributed by atoms with Crippen molar-refractivity contribution in [1.82, 2.24) is 0 Å². The zero-order chi connectivity index (χ0) is 30.0. The summed E-state index contributed by atoms with van der Waals surface area (Å²) in [6.45, 7) is 6.90. The van der Waals surface area contributed by atoms with E-state index in [0.29, 0.717) is 5.56 Å². The Balaban J connectivity index is 1.44. The Morgan fingerprint density at radius 1 is 0.643 bits per heavy atom. The van der Waals surface area contributed by atoms with Gasteiger partial charge in [-0.2, -0.15) is 0 Å². The molecule has 0 amide bonds. The van der Waals surface area contributed by atoms with E-state index in [1.54, 1.807) is 36.4 Å². The fourth-order valence-electron chi connectivity index (χ4n) is 4.92. The van der Waals surface area contributed by atoms with Crippen LogP contribution in [0, 0.1) is 0 Å². The first-order valence-electron chi connectivity index (χ1n) is 15.9. The molecule has 0 radical (unpaired) electrons. The lowest BCUT2D eigenvalue weighted by Crippen LogP contribution is -2.17. The van der Waals surface area contributed by atoms with Crippen LogP contribution in [0.25, 0.3) is 11.1 Å². The minimum Gasteiger partial charge on any atom is -0.494 e. The minimum absolute atomic E-state index is 0.189. The molecule has 0 saturated heterocycles. The van der Waals surface area contributed by atoms with Crippen LogP contribution in [0.4, 0.5) is 0 Å². The van der Waals surface area contributed by atoms with Gasteiger partial charge in [0.25, 0.3) is 0 Å². The molecule has 0 saturated carbocycles. The molecule has 5 nitrogen and oxygen atoms in total. The Bertz CT molecular complexity index is 1200. The van der Waals surface area contributed by atoms with Gasteiger partial charge in [-0.05, 0) is 67.3 Å². The highest BCUT2D eigenvalue weighted by Crippen LogP contribution is 2.25. The molecule has 1 atom stereocenters. The maximum Gasteiger partial charge on any atom is 0.343 e. The summed E-state index contributed by atoms with van der Waals surface area (Å²) < 4.78 is 17.0. The first-order valence-corrected chi connectivity index (χ1v) is 15.9.